The van der Waals surface area contributed by atoms with Crippen LogP contribution >= 0.6 is 0 Å². The maximum Gasteiger partial charge on any atom is 0.228 e. The molecule has 0 spiro atoms. The molecule has 202 valence electrons. The maximum absolute atomic E-state index is 11.7. The number of hydrogen-bond acceptors (Lipinski definition) is 4. The van der Waals surface area contributed by atoms with Crippen LogP contribution in [0.3, 0.4) is 0 Å². The molecule has 0 radical (unpaired) electrons. The van der Waals surface area contributed by atoms with Crippen LogP contribution in [0.5, 0.6) is 0 Å². The highest BCUT2D eigenvalue weighted by Gasteiger charge is 2.13. The summed E-state index contributed by atoms with van der Waals surface area (Å²) in [4.78, 5) is 14.2. The van der Waals surface area contributed by atoms with E-state index < -0.39 is 0 Å². The number of nitrogens with one attached hydrogen (secondary N) is 1. The van der Waals surface area contributed by atoms with Gasteiger partial charge in [-0.1, -0.05) is 68.0 Å². The topological polar surface area (TPSA) is 63.3 Å². The van der Waals surface area contributed by atoms with Crippen molar-refractivity contribution in [2.24, 2.45) is 0 Å². The summed E-state index contributed by atoms with van der Waals surface area (Å²) in [6.07, 6.45) is 8.43. The highest BCUT2D eigenvalue weighted by Crippen LogP contribution is 2.26. The lowest BCUT2D eigenvalue weighted by molar-refractivity contribution is -0.119. The Morgan fingerprint density at radius 1 is 1.03 bits per heavy atom. The molecule has 1 aliphatic rings. The van der Waals surface area contributed by atoms with Gasteiger partial charge in [0.2, 0.25) is 5.91 Å². The Morgan fingerprint density at radius 3 is 2.45 bits per heavy atom. The van der Waals surface area contributed by atoms with Gasteiger partial charge in [-0.3, -0.25) is 9.48 Å². The highest BCUT2D eigenvalue weighted by molar-refractivity contribution is 5.80. The number of rotatable bonds is 7. The molecule has 4 aromatic rings. The zero-order chi connectivity index (χ0) is 27.3. The van der Waals surface area contributed by atoms with E-state index in [4.69, 9.17) is 4.42 Å². The number of fused-ring (bicyclic) bond motifs is 1. The van der Waals surface area contributed by atoms with E-state index in [1.807, 2.05) is 71.1 Å². The molecule has 0 saturated carbocycles. The van der Waals surface area contributed by atoms with Crippen LogP contribution in [0, 0.1) is 13.8 Å². The number of aromatic nitrogens is 2. The minimum atomic E-state index is -0.0394. The number of carbonyl (C=O) groups is 1. The summed E-state index contributed by atoms with van der Waals surface area (Å²) in [7, 11) is 0. The van der Waals surface area contributed by atoms with Crippen molar-refractivity contribution in [2.45, 2.75) is 60.4 Å². The monoisotopic (exact) mass is 514 g/mol. The predicted octanol–water partition coefficient (Wildman–Crippen LogP) is 6.91. The van der Waals surface area contributed by atoms with Crippen molar-refractivity contribution in [3.8, 4) is 11.3 Å². The first-order valence-corrected chi connectivity index (χ1v) is 13.7. The number of amides is 1. The van der Waals surface area contributed by atoms with E-state index in [9.17, 15) is 4.79 Å². The third kappa shape index (κ3) is 8.18. The Kier molecular flexibility index (Phi) is 11.4. The van der Waals surface area contributed by atoms with E-state index in [2.05, 4.69) is 44.3 Å². The van der Waals surface area contributed by atoms with Crippen LogP contribution in [0.25, 0.3) is 22.2 Å². The molecule has 1 saturated heterocycles. The molecule has 1 N–H and O–H groups in total. The molecule has 2 aromatic heterocycles. The summed E-state index contributed by atoms with van der Waals surface area (Å²) in [5.74, 6) is 1.55. The molecule has 1 fully saturated rings. The Bertz CT molecular complexity index is 1290. The van der Waals surface area contributed by atoms with Crippen molar-refractivity contribution in [1.82, 2.24) is 20.0 Å². The second-order valence-corrected chi connectivity index (χ2v) is 9.28. The van der Waals surface area contributed by atoms with Crippen molar-refractivity contribution >= 4 is 16.8 Å². The van der Waals surface area contributed by atoms with Crippen molar-refractivity contribution in [1.29, 1.82) is 0 Å². The van der Waals surface area contributed by atoms with Crippen LogP contribution in [0.15, 0.2) is 77.5 Å². The molecular formula is C32H42N4O2. The van der Waals surface area contributed by atoms with Gasteiger partial charge in [0, 0.05) is 23.1 Å². The number of aryl methyl sites for hydroxylation is 2. The number of likely N-dealkylation sites (tertiary alicyclic amines) is 1. The zero-order valence-electron chi connectivity index (χ0n) is 23.5. The minimum absolute atomic E-state index is 0.0394. The molecule has 6 nitrogen and oxygen atoms in total. The number of hydrogen-bond donors (Lipinski definition) is 1. The minimum Gasteiger partial charge on any atom is -0.461 e. The molecule has 2 aromatic carbocycles. The molecule has 0 unspecified atom stereocenters. The number of carbonyl (C=O) groups excluding carboxylic acids is 1. The number of allylic oxidation sites excluding steroid dienone is 1. The standard InChI is InChI=1S/C17H19NO2.C13H17N3.C2H6/c1-4-9-18-17(19)11-15-10-16(20-13(15)3)14-7-5-12(2)6-8-14;1-2-6-13-12(5-1)11-14-16(13)10-9-15-7-3-4-8-15;1-2/h4-10H,11H2,1-3H3,(H,18,19);1-2,5-6,11H,3-4,7-10H2;1-2H3. The lowest BCUT2D eigenvalue weighted by Crippen LogP contribution is -2.24. The van der Waals surface area contributed by atoms with Crippen molar-refractivity contribution in [3.05, 3.63) is 90.0 Å². The van der Waals surface area contributed by atoms with Crippen LogP contribution in [-0.2, 0) is 17.8 Å². The van der Waals surface area contributed by atoms with Crippen LogP contribution < -0.4 is 5.32 Å². The summed E-state index contributed by atoms with van der Waals surface area (Å²) in [5, 5.41) is 8.39. The first kappa shape index (κ1) is 28.9. The summed E-state index contributed by atoms with van der Waals surface area (Å²) in [5.41, 5.74) is 4.41. The second-order valence-electron chi connectivity index (χ2n) is 9.28. The van der Waals surface area contributed by atoms with Crippen molar-refractivity contribution in [3.63, 3.8) is 0 Å². The summed E-state index contributed by atoms with van der Waals surface area (Å²) in [6, 6.07) is 18.5. The third-order valence-electron chi connectivity index (χ3n) is 6.50. The predicted molar refractivity (Wildman–Crippen MR) is 157 cm³/mol. The molecular weight excluding hydrogens is 472 g/mol. The lowest BCUT2D eigenvalue weighted by atomic mass is 10.1. The van der Waals surface area contributed by atoms with Gasteiger partial charge in [-0.05, 0) is 65.0 Å². The molecule has 38 heavy (non-hydrogen) atoms. The van der Waals surface area contributed by atoms with E-state index in [0.29, 0.717) is 6.42 Å². The van der Waals surface area contributed by atoms with E-state index in [1.165, 1.54) is 42.4 Å². The van der Waals surface area contributed by atoms with Crippen LogP contribution in [0.1, 0.15) is 50.5 Å². The lowest BCUT2D eigenvalue weighted by Gasteiger charge is -2.14. The number of furan rings is 1. The largest absolute Gasteiger partial charge is 0.461 e. The fraction of sp³-hybridized carbons (Fsp3) is 0.375. The second kappa shape index (κ2) is 14.9. The van der Waals surface area contributed by atoms with Gasteiger partial charge in [0.1, 0.15) is 11.5 Å². The Hall–Kier alpha value is -3.64. The Balaban J connectivity index is 0.000000201. The van der Waals surface area contributed by atoms with Crippen LogP contribution in [0.4, 0.5) is 0 Å². The average Bonchev–Trinajstić information content (AvgIpc) is 3.69. The molecule has 0 aliphatic carbocycles. The molecule has 0 bridgehead atoms. The normalized spacial score (nSPS) is 13.2. The Labute approximate surface area is 227 Å². The first-order chi connectivity index (χ1) is 18.5. The third-order valence-corrected chi connectivity index (χ3v) is 6.50. The van der Waals surface area contributed by atoms with Crippen molar-refractivity contribution < 1.29 is 9.21 Å². The van der Waals surface area contributed by atoms with Gasteiger partial charge in [-0.15, -0.1) is 0 Å². The molecule has 1 amide bonds. The van der Waals surface area contributed by atoms with E-state index in [-0.39, 0.29) is 5.91 Å². The van der Waals surface area contributed by atoms with Gasteiger partial charge < -0.3 is 14.6 Å². The molecule has 5 rings (SSSR count). The van der Waals surface area contributed by atoms with Gasteiger partial charge in [0.05, 0.1) is 24.7 Å². The highest BCUT2D eigenvalue weighted by atomic mass is 16.3. The molecule has 6 heteroatoms. The first-order valence-electron chi connectivity index (χ1n) is 13.7. The van der Waals surface area contributed by atoms with E-state index >= 15 is 0 Å². The quantitative estimate of drug-likeness (QED) is 0.291. The molecule has 3 heterocycles. The summed E-state index contributed by atoms with van der Waals surface area (Å²) >= 11 is 0. The smallest absolute Gasteiger partial charge is 0.228 e. The summed E-state index contributed by atoms with van der Waals surface area (Å²) < 4.78 is 7.87. The maximum atomic E-state index is 11.7. The van der Waals surface area contributed by atoms with Crippen LogP contribution in [0.2, 0.25) is 0 Å². The summed E-state index contributed by atoms with van der Waals surface area (Å²) in [6.45, 7) is 14.5. The molecule has 0 atom stereocenters. The number of nitrogens with zero attached hydrogens (tertiary/aromatic N) is 3. The fourth-order valence-corrected chi connectivity index (χ4v) is 4.40. The van der Waals surface area contributed by atoms with Crippen LogP contribution in [-0.4, -0.2) is 40.2 Å². The van der Waals surface area contributed by atoms with Gasteiger partial charge in [0.15, 0.2) is 0 Å². The van der Waals surface area contributed by atoms with E-state index in [0.717, 1.165) is 35.7 Å². The average molecular weight is 515 g/mol. The van der Waals surface area contributed by atoms with Gasteiger partial charge in [-0.25, -0.2) is 0 Å². The number of benzene rings is 2. The SMILES string of the molecule is CC.CC=CNC(=O)Cc1cc(-c2ccc(C)cc2)oc1C.c1ccc2c(c1)cnn2CCN1CCCC1. The van der Waals surface area contributed by atoms with Crippen molar-refractivity contribution in [2.75, 3.05) is 19.6 Å². The fourth-order valence-electron chi connectivity index (χ4n) is 4.40. The Morgan fingerprint density at radius 2 is 1.74 bits per heavy atom. The number of para-hydroxylation sites is 1. The van der Waals surface area contributed by atoms with Gasteiger partial charge in [0.25, 0.3) is 0 Å². The zero-order valence-corrected chi connectivity index (χ0v) is 23.5. The molecule has 1 aliphatic heterocycles. The van der Waals surface area contributed by atoms with Gasteiger partial charge in [-0.2, -0.15) is 5.10 Å². The van der Waals surface area contributed by atoms with Gasteiger partial charge >= 0.3 is 0 Å². The van der Waals surface area contributed by atoms with E-state index in [1.54, 1.807) is 12.3 Å².